The molecule has 2 heterocycles. The number of nitrogens with zero attached hydrogens (tertiary/aromatic N) is 1. The molecular formula is C18H19ClN2. The number of benzene rings is 2. The minimum Gasteiger partial charge on any atom is -0.363 e. The fourth-order valence-corrected chi connectivity index (χ4v) is 4.00. The lowest BCUT2D eigenvalue weighted by atomic mass is 9.88. The molecule has 0 radical (unpaired) electrons. The number of fused-ring (bicyclic) bond motifs is 5. The summed E-state index contributed by atoms with van der Waals surface area (Å²) in [5.74, 6) is 0. The highest BCUT2D eigenvalue weighted by molar-refractivity contribution is 6.30. The van der Waals surface area contributed by atoms with Crippen molar-refractivity contribution in [1.82, 2.24) is 0 Å². The van der Waals surface area contributed by atoms with Crippen molar-refractivity contribution in [3.05, 3.63) is 64.2 Å². The Labute approximate surface area is 130 Å². The first-order valence-electron chi connectivity index (χ1n) is 7.62. The van der Waals surface area contributed by atoms with Crippen LogP contribution in [0.4, 0.5) is 5.69 Å². The summed E-state index contributed by atoms with van der Waals surface area (Å²) in [6.45, 7) is 1.06. The zero-order chi connectivity index (χ0) is 14.4. The molecule has 2 nitrogen and oxygen atoms in total. The Bertz CT molecular complexity index is 683. The summed E-state index contributed by atoms with van der Waals surface area (Å²) >= 11 is 6.25. The number of halogens is 1. The maximum atomic E-state index is 6.49. The molecule has 0 amide bonds. The minimum absolute atomic E-state index is 0.185. The van der Waals surface area contributed by atoms with Crippen LogP contribution < -0.4 is 10.6 Å². The standard InChI is InChI=1S/C18H19ClN2/c19-14-8-7-13-10-12-4-1-2-5-15(12)18-16(20)6-3-9-21(18)17(13)11-14/h1-2,4-5,7-8,11,16,18H,3,6,9-10,20H2/t16-,18+/m1/s1. The second kappa shape index (κ2) is 5.04. The molecule has 0 aliphatic carbocycles. The summed E-state index contributed by atoms with van der Waals surface area (Å²) in [6, 6.07) is 15.4. The fraction of sp³-hybridized carbons (Fsp3) is 0.333. The van der Waals surface area contributed by atoms with Crippen molar-refractivity contribution in [3.8, 4) is 0 Å². The third-order valence-electron chi connectivity index (χ3n) is 4.79. The smallest absolute Gasteiger partial charge is 0.0696 e. The zero-order valence-corrected chi connectivity index (χ0v) is 12.7. The molecule has 1 saturated heterocycles. The van der Waals surface area contributed by atoms with Crippen LogP contribution in [0, 0.1) is 0 Å². The molecule has 4 rings (SSSR count). The lowest BCUT2D eigenvalue weighted by Crippen LogP contribution is -2.46. The van der Waals surface area contributed by atoms with E-state index in [1.807, 2.05) is 6.07 Å². The van der Waals surface area contributed by atoms with Gasteiger partial charge in [0.25, 0.3) is 0 Å². The second-order valence-corrected chi connectivity index (χ2v) is 6.53. The Kier molecular flexibility index (Phi) is 3.16. The quantitative estimate of drug-likeness (QED) is 0.799. The number of rotatable bonds is 0. The summed E-state index contributed by atoms with van der Waals surface area (Å²) in [5.41, 5.74) is 11.9. The van der Waals surface area contributed by atoms with Crippen molar-refractivity contribution in [2.45, 2.75) is 31.3 Å². The van der Waals surface area contributed by atoms with Crippen LogP contribution in [-0.2, 0) is 6.42 Å². The molecule has 2 N–H and O–H groups in total. The van der Waals surface area contributed by atoms with Crippen LogP contribution in [0.15, 0.2) is 42.5 Å². The highest BCUT2D eigenvalue weighted by atomic mass is 35.5. The van der Waals surface area contributed by atoms with E-state index in [1.54, 1.807) is 0 Å². The number of piperidine rings is 1. The highest BCUT2D eigenvalue weighted by Gasteiger charge is 2.34. The third-order valence-corrected chi connectivity index (χ3v) is 5.02. The maximum Gasteiger partial charge on any atom is 0.0696 e. The Morgan fingerprint density at radius 2 is 1.95 bits per heavy atom. The van der Waals surface area contributed by atoms with Crippen molar-refractivity contribution in [2.24, 2.45) is 5.73 Å². The van der Waals surface area contributed by atoms with Crippen molar-refractivity contribution >= 4 is 17.3 Å². The first-order valence-corrected chi connectivity index (χ1v) is 8.00. The van der Waals surface area contributed by atoms with Gasteiger partial charge in [0, 0.05) is 23.3 Å². The number of hydrogen-bond acceptors (Lipinski definition) is 2. The van der Waals surface area contributed by atoms with Gasteiger partial charge >= 0.3 is 0 Å². The molecule has 3 heteroatoms. The van der Waals surface area contributed by atoms with E-state index in [0.717, 1.165) is 30.8 Å². The molecule has 2 aliphatic rings. The van der Waals surface area contributed by atoms with E-state index in [-0.39, 0.29) is 12.1 Å². The van der Waals surface area contributed by atoms with Gasteiger partial charge in [-0.05, 0) is 48.1 Å². The summed E-state index contributed by atoms with van der Waals surface area (Å²) in [5, 5.41) is 0.803. The lowest BCUT2D eigenvalue weighted by molar-refractivity contribution is 0.410. The number of anilines is 1. The van der Waals surface area contributed by atoms with Crippen molar-refractivity contribution in [2.75, 3.05) is 11.4 Å². The first kappa shape index (κ1) is 13.2. The lowest BCUT2D eigenvalue weighted by Gasteiger charge is -2.41. The molecule has 2 aromatic carbocycles. The van der Waals surface area contributed by atoms with Gasteiger partial charge in [-0.2, -0.15) is 0 Å². The van der Waals surface area contributed by atoms with Gasteiger partial charge in [-0.25, -0.2) is 0 Å². The molecule has 0 saturated carbocycles. The molecule has 0 bridgehead atoms. The van der Waals surface area contributed by atoms with Gasteiger partial charge in [0.1, 0.15) is 0 Å². The van der Waals surface area contributed by atoms with Crippen LogP contribution in [0.3, 0.4) is 0 Å². The molecule has 0 spiro atoms. The summed E-state index contributed by atoms with van der Waals surface area (Å²) < 4.78 is 0. The fourth-order valence-electron chi connectivity index (χ4n) is 3.84. The number of nitrogens with two attached hydrogens (primary N) is 1. The predicted molar refractivity (Wildman–Crippen MR) is 88.0 cm³/mol. The van der Waals surface area contributed by atoms with Gasteiger partial charge < -0.3 is 10.6 Å². The van der Waals surface area contributed by atoms with E-state index in [1.165, 1.54) is 22.4 Å². The summed E-state index contributed by atoms with van der Waals surface area (Å²) in [4.78, 5) is 2.47. The largest absolute Gasteiger partial charge is 0.363 e. The van der Waals surface area contributed by atoms with Crippen LogP contribution in [-0.4, -0.2) is 12.6 Å². The SMILES string of the molecule is N[C@@H]1CCCN2c3cc(Cl)ccc3Cc3ccccc3[C@@H]12. The van der Waals surface area contributed by atoms with Gasteiger partial charge in [0.05, 0.1) is 6.04 Å². The monoisotopic (exact) mass is 298 g/mol. The third kappa shape index (κ3) is 2.14. The van der Waals surface area contributed by atoms with Gasteiger partial charge in [-0.3, -0.25) is 0 Å². The minimum atomic E-state index is 0.185. The average Bonchev–Trinajstić information content (AvgIpc) is 2.63. The van der Waals surface area contributed by atoms with Gasteiger partial charge in [0.15, 0.2) is 0 Å². The van der Waals surface area contributed by atoms with E-state index in [2.05, 4.69) is 41.3 Å². The van der Waals surface area contributed by atoms with Crippen molar-refractivity contribution < 1.29 is 0 Å². The normalized spacial score (nSPS) is 23.8. The van der Waals surface area contributed by atoms with Crippen molar-refractivity contribution in [1.29, 1.82) is 0 Å². The zero-order valence-electron chi connectivity index (χ0n) is 11.9. The maximum absolute atomic E-state index is 6.49. The molecular weight excluding hydrogens is 280 g/mol. The van der Waals surface area contributed by atoms with E-state index < -0.39 is 0 Å². The highest BCUT2D eigenvalue weighted by Crippen LogP contribution is 2.42. The van der Waals surface area contributed by atoms with E-state index in [4.69, 9.17) is 17.3 Å². The molecule has 2 aliphatic heterocycles. The number of hydrogen-bond donors (Lipinski definition) is 1. The molecule has 21 heavy (non-hydrogen) atoms. The van der Waals surface area contributed by atoms with Crippen LogP contribution in [0.5, 0.6) is 0 Å². The molecule has 0 unspecified atom stereocenters. The Morgan fingerprint density at radius 3 is 2.86 bits per heavy atom. The van der Waals surface area contributed by atoms with Crippen molar-refractivity contribution in [3.63, 3.8) is 0 Å². The Hall–Kier alpha value is -1.51. The van der Waals surface area contributed by atoms with Crippen LogP contribution >= 0.6 is 11.6 Å². The van der Waals surface area contributed by atoms with E-state index in [9.17, 15) is 0 Å². The van der Waals surface area contributed by atoms with Crippen LogP contribution in [0.1, 0.15) is 35.6 Å². The van der Waals surface area contributed by atoms with Gasteiger partial charge in [0.2, 0.25) is 0 Å². The van der Waals surface area contributed by atoms with Crippen LogP contribution in [0.2, 0.25) is 5.02 Å². The molecule has 1 fully saturated rings. The molecule has 2 atom stereocenters. The average molecular weight is 299 g/mol. The topological polar surface area (TPSA) is 29.3 Å². The molecule has 2 aromatic rings. The predicted octanol–water partition coefficient (Wildman–Crippen LogP) is 3.91. The molecule has 0 aromatic heterocycles. The Balaban J connectivity index is 1.94. The van der Waals surface area contributed by atoms with Gasteiger partial charge in [-0.1, -0.05) is 41.9 Å². The second-order valence-electron chi connectivity index (χ2n) is 6.09. The first-order chi connectivity index (χ1) is 10.2. The summed E-state index contributed by atoms with van der Waals surface area (Å²) in [7, 11) is 0. The van der Waals surface area contributed by atoms with Crippen LogP contribution in [0.25, 0.3) is 0 Å². The summed E-state index contributed by atoms with van der Waals surface area (Å²) in [6.07, 6.45) is 3.19. The van der Waals surface area contributed by atoms with E-state index >= 15 is 0 Å². The van der Waals surface area contributed by atoms with Gasteiger partial charge in [-0.15, -0.1) is 0 Å². The Morgan fingerprint density at radius 1 is 1.10 bits per heavy atom. The molecule has 108 valence electrons. The van der Waals surface area contributed by atoms with E-state index in [0.29, 0.717) is 0 Å².